The van der Waals surface area contributed by atoms with Gasteiger partial charge in [-0.05, 0) is 0 Å². The zero-order valence-electron chi connectivity index (χ0n) is 17.4. The van der Waals surface area contributed by atoms with E-state index in [9.17, 15) is 0 Å². The summed E-state index contributed by atoms with van der Waals surface area (Å²) in [4.78, 5) is 1.42. The number of unbranched alkanes of at least 4 members (excludes halogenated alkanes) is 1. The lowest BCUT2D eigenvalue weighted by Gasteiger charge is -2.43. The number of hydrogen-bond donors (Lipinski definition) is 1. The summed E-state index contributed by atoms with van der Waals surface area (Å²) in [5.41, 5.74) is 4.33. The highest BCUT2D eigenvalue weighted by Gasteiger charge is 2.28. The molecule has 0 amide bonds. The molecule has 1 N–H and O–H groups in total. The first-order chi connectivity index (χ1) is 13.1. The molecular formula is C25H34BN. The first kappa shape index (κ1) is 21.0. The molecule has 0 fully saturated rings. The van der Waals surface area contributed by atoms with Crippen molar-refractivity contribution in [2.45, 2.75) is 26.1 Å². The molecule has 142 valence electrons. The summed E-state index contributed by atoms with van der Waals surface area (Å²) < 4.78 is 0. The second kappa shape index (κ2) is 10.7. The van der Waals surface area contributed by atoms with Crippen LogP contribution >= 0.6 is 0 Å². The molecule has 0 aliphatic heterocycles. The lowest BCUT2D eigenvalue weighted by molar-refractivity contribution is -0.836. The largest absolute Gasteiger partial charge is 0.342 e. The molecular weight excluding hydrogens is 325 g/mol. The molecule has 0 bridgehead atoms. The van der Waals surface area contributed by atoms with Crippen LogP contribution in [0.3, 0.4) is 0 Å². The third-order valence-electron chi connectivity index (χ3n) is 5.10. The Balaban J connectivity index is 0.000000596. The van der Waals surface area contributed by atoms with Crippen LogP contribution in [-0.2, 0) is 0 Å². The number of hydrogen-bond acceptors (Lipinski definition) is 0. The van der Waals surface area contributed by atoms with Gasteiger partial charge in [-0.25, -0.2) is 0 Å². The Morgan fingerprint density at radius 3 is 1.15 bits per heavy atom. The predicted octanol–water partition coefficient (Wildman–Crippen LogP) is 2.72. The molecule has 0 spiro atoms. The smallest absolute Gasteiger partial charge is 0.0814 e. The van der Waals surface area contributed by atoms with Gasteiger partial charge in [0.15, 0.2) is 0 Å². The van der Waals surface area contributed by atoms with Crippen molar-refractivity contribution in [3.05, 3.63) is 91.0 Å². The summed E-state index contributed by atoms with van der Waals surface area (Å²) in [6.07, 6.45) is 2.73. The van der Waals surface area contributed by atoms with E-state index in [1.807, 2.05) is 0 Å². The maximum absolute atomic E-state index is 2.30. The zero-order valence-corrected chi connectivity index (χ0v) is 17.4. The van der Waals surface area contributed by atoms with Gasteiger partial charge >= 0.3 is 0 Å². The number of nitrogens with one attached hydrogen (secondary N) is 1. The minimum Gasteiger partial charge on any atom is -0.342 e. The van der Waals surface area contributed by atoms with Gasteiger partial charge in [0, 0.05) is 0 Å². The predicted molar refractivity (Wildman–Crippen MR) is 122 cm³/mol. The fourth-order valence-corrected chi connectivity index (χ4v) is 3.93. The van der Waals surface area contributed by atoms with Crippen molar-refractivity contribution in [2.75, 3.05) is 21.1 Å². The van der Waals surface area contributed by atoms with Gasteiger partial charge in [0.1, 0.15) is 0 Å². The maximum atomic E-state index is 2.30. The second-order valence-electron chi connectivity index (χ2n) is 7.92. The van der Waals surface area contributed by atoms with Crippen LogP contribution in [0, 0.1) is 0 Å². The van der Waals surface area contributed by atoms with Gasteiger partial charge in [0.05, 0.1) is 27.3 Å². The van der Waals surface area contributed by atoms with Crippen molar-refractivity contribution >= 4 is 22.5 Å². The third-order valence-corrected chi connectivity index (χ3v) is 5.10. The lowest BCUT2D eigenvalue weighted by Crippen LogP contribution is -3.02. The molecule has 0 aliphatic rings. The summed E-state index contributed by atoms with van der Waals surface area (Å²) in [5, 5.41) is 0. The molecule has 0 unspecified atom stereocenters. The summed E-state index contributed by atoms with van der Waals surface area (Å²) in [6, 6.07) is 33.2. The standard InChI is InChI=1S/C22H24B.C3H9N/c1-2-3-19-23(20-13-7-4-8-14-20,21-15-9-5-10-16-21)22-17-11-6-12-18-22;1-4(2)3/h4-18H,2-3,19H2,1H3;1-3H3/q-1;/p+1. The van der Waals surface area contributed by atoms with Gasteiger partial charge in [-0.1, -0.05) is 111 Å². The second-order valence-corrected chi connectivity index (χ2v) is 7.92. The molecule has 3 aromatic rings. The Labute approximate surface area is 166 Å². The van der Waals surface area contributed by atoms with Crippen molar-refractivity contribution in [1.82, 2.24) is 0 Å². The van der Waals surface area contributed by atoms with E-state index in [4.69, 9.17) is 0 Å². The average molecular weight is 359 g/mol. The van der Waals surface area contributed by atoms with E-state index in [0.29, 0.717) is 0 Å². The summed E-state index contributed by atoms with van der Waals surface area (Å²) in [6.45, 7) is 2.28. The van der Waals surface area contributed by atoms with E-state index < -0.39 is 6.15 Å². The molecule has 0 aliphatic carbocycles. The minimum absolute atomic E-state index is 0.913. The van der Waals surface area contributed by atoms with Gasteiger partial charge in [-0.15, -0.1) is 0 Å². The van der Waals surface area contributed by atoms with Crippen molar-refractivity contribution in [1.29, 1.82) is 0 Å². The van der Waals surface area contributed by atoms with Crippen LogP contribution in [0.4, 0.5) is 0 Å². The van der Waals surface area contributed by atoms with Crippen LogP contribution in [0.1, 0.15) is 19.8 Å². The highest BCUT2D eigenvalue weighted by molar-refractivity contribution is 7.11. The Hall–Kier alpha value is -2.32. The molecule has 0 saturated heterocycles. The fourth-order valence-electron chi connectivity index (χ4n) is 3.93. The lowest BCUT2D eigenvalue weighted by atomic mass is 9.14. The Morgan fingerprint density at radius 2 is 0.889 bits per heavy atom. The Kier molecular flexibility index (Phi) is 8.35. The number of rotatable bonds is 6. The topological polar surface area (TPSA) is 4.44 Å². The quantitative estimate of drug-likeness (QED) is 0.646. The van der Waals surface area contributed by atoms with Gasteiger partial charge < -0.3 is 4.90 Å². The molecule has 0 saturated carbocycles. The van der Waals surface area contributed by atoms with Crippen LogP contribution in [0.25, 0.3) is 0 Å². The van der Waals surface area contributed by atoms with E-state index >= 15 is 0 Å². The van der Waals surface area contributed by atoms with Crippen LogP contribution in [0.5, 0.6) is 0 Å². The third kappa shape index (κ3) is 5.58. The molecule has 1 nitrogen and oxygen atoms in total. The van der Waals surface area contributed by atoms with Crippen molar-refractivity contribution in [2.24, 2.45) is 0 Å². The molecule has 3 rings (SSSR count). The van der Waals surface area contributed by atoms with Crippen molar-refractivity contribution in [3.8, 4) is 0 Å². The molecule has 2 heteroatoms. The average Bonchev–Trinajstić information content (AvgIpc) is 2.71. The summed E-state index contributed by atoms with van der Waals surface area (Å²) >= 11 is 0. The molecule has 0 atom stereocenters. The van der Waals surface area contributed by atoms with Crippen molar-refractivity contribution in [3.63, 3.8) is 0 Å². The van der Waals surface area contributed by atoms with E-state index in [-0.39, 0.29) is 0 Å². The normalized spacial score (nSPS) is 11.0. The van der Waals surface area contributed by atoms with Crippen LogP contribution in [-0.4, -0.2) is 27.3 Å². The Bertz CT molecular complexity index is 655. The van der Waals surface area contributed by atoms with E-state index in [1.165, 1.54) is 40.5 Å². The number of quaternary nitrogens is 1. The van der Waals surface area contributed by atoms with E-state index in [1.54, 1.807) is 0 Å². The SMILES string of the molecule is CCCC[B-](c1ccccc1)(c1ccccc1)c1ccccc1.C[NH+](C)C. The van der Waals surface area contributed by atoms with Crippen molar-refractivity contribution < 1.29 is 4.90 Å². The van der Waals surface area contributed by atoms with Crippen LogP contribution < -0.4 is 21.3 Å². The van der Waals surface area contributed by atoms with Gasteiger partial charge in [0.25, 0.3) is 0 Å². The van der Waals surface area contributed by atoms with Gasteiger partial charge in [-0.2, -0.15) is 22.7 Å². The number of benzene rings is 3. The fraction of sp³-hybridized carbons (Fsp3) is 0.280. The van der Waals surface area contributed by atoms with E-state index in [0.717, 1.165) is 0 Å². The first-order valence-corrected chi connectivity index (χ1v) is 10.2. The summed E-state index contributed by atoms with van der Waals surface area (Å²) in [5.74, 6) is 0. The highest BCUT2D eigenvalue weighted by atomic mass is 15.0. The van der Waals surface area contributed by atoms with E-state index in [2.05, 4.69) is 119 Å². The molecule has 0 radical (unpaired) electrons. The zero-order chi connectivity index (χ0) is 19.5. The molecule has 0 aromatic heterocycles. The van der Waals surface area contributed by atoms with Gasteiger partial charge in [-0.3, -0.25) is 0 Å². The molecule has 0 heterocycles. The van der Waals surface area contributed by atoms with Gasteiger partial charge in [0.2, 0.25) is 0 Å². The summed E-state index contributed by atoms with van der Waals surface area (Å²) in [7, 11) is 6.25. The highest BCUT2D eigenvalue weighted by Crippen LogP contribution is 2.16. The maximum Gasteiger partial charge on any atom is 0.0814 e. The minimum atomic E-state index is -0.913. The first-order valence-electron chi connectivity index (χ1n) is 10.2. The molecule has 27 heavy (non-hydrogen) atoms. The molecule has 3 aromatic carbocycles. The Morgan fingerprint density at radius 1 is 0.593 bits per heavy atom. The van der Waals surface area contributed by atoms with Crippen LogP contribution in [0.2, 0.25) is 6.32 Å². The monoisotopic (exact) mass is 359 g/mol. The van der Waals surface area contributed by atoms with Crippen LogP contribution in [0.15, 0.2) is 91.0 Å².